The van der Waals surface area contributed by atoms with Crippen LogP contribution in [-0.4, -0.2) is 29.0 Å². The number of pyridine rings is 1. The van der Waals surface area contributed by atoms with E-state index in [0.29, 0.717) is 11.3 Å². The number of hydrogen-bond donors (Lipinski definition) is 1. The lowest BCUT2D eigenvalue weighted by atomic mass is 10.0. The van der Waals surface area contributed by atoms with Gasteiger partial charge < -0.3 is 10.1 Å². The van der Waals surface area contributed by atoms with Gasteiger partial charge in [0.25, 0.3) is 5.91 Å². The summed E-state index contributed by atoms with van der Waals surface area (Å²) in [6.07, 6.45) is -0.852. The highest BCUT2D eigenvalue weighted by Crippen LogP contribution is 2.23. The highest BCUT2D eigenvalue weighted by Gasteiger charge is 2.23. The van der Waals surface area contributed by atoms with Gasteiger partial charge in [-0.2, -0.15) is 0 Å². The van der Waals surface area contributed by atoms with Crippen LogP contribution in [0, 0.1) is 13.8 Å². The van der Waals surface area contributed by atoms with Crippen LogP contribution in [0.1, 0.15) is 42.4 Å². The lowest BCUT2D eigenvalue weighted by Gasteiger charge is -2.17. The Hall–Kier alpha value is -2.43. The number of nitrogens with zero attached hydrogens (tertiary/aromatic N) is 1. The number of nitrogens with one attached hydrogen (secondary N) is 1. The van der Waals surface area contributed by atoms with Crippen LogP contribution < -0.4 is 5.32 Å². The molecule has 1 aromatic heterocycles. The van der Waals surface area contributed by atoms with Gasteiger partial charge >= 0.3 is 5.97 Å². The van der Waals surface area contributed by atoms with Gasteiger partial charge in [0.2, 0.25) is 0 Å². The highest BCUT2D eigenvalue weighted by molar-refractivity contribution is 5.99. The fourth-order valence-corrected chi connectivity index (χ4v) is 2.51. The molecule has 0 unspecified atom stereocenters. The van der Waals surface area contributed by atoms with Crippen molar-refractivity contribution in [3.8, 4) is 0 Å². The minimum Gasteiger partial charge on any atom is -0.449 e. The molecule has 0 saturated heterocycles. The third kappa shape index (κ3) is 3.67. The van der Waals surface area contributed by atoms with E-state index in [-0.39, 0.29) is 11.9 Å². The molecule has 0 aliphatic heterocycles. The number of aromatic nitrogens is 1. The molecule has 0 aliphatic rings. The number of benzene rings is 1. The third-order valence-electron chi connectivity index (χ3n) is 3.62. The molecule has 1 amide bonds. The maximum atomic E-state index is 12.5. The number of carbonyl (C=O) groups is 2. The summed E-state index contributed by atoms with van der Waals surface area (Å²) in [5, 5.41) is 3.63. The standard InChI is InChI=1S/C18H22N2O3/c1-10(2)19-17(21)13(5)23-18(22)16-11(3)14-8-6-7-9-15(14)20-12(16)4/h6-10,13H,1-5H3,(H,19,21)/t13-/m1/s1. The molecule has 0 bridgehead atoms. The molecule has 0 fully saturated rings. The van der Waals surface area contributed by atoms with Gasteiger partial charge in [0.1, 0.15) is 0 Å². The molecule has 5 heteroatoms. The Kier molecular flexibility index (Phi) is 4.98. The SMILES string of the molecule is Cc1nc2ccccc2c(C)c1C(=O)O[C@H](C)C(=O)NC(C)C. The van der Waals surface area contributed by atoms with Crippen molar-refractivity contribution in [2.75, 3.05) is 0 Å². The number of hydrogen-bond acceptors (Lipinski definition) is 4. The zero-order chi connectivity index (χ0) is 17.1. The lowest BCUT2D eigenvalue weighted by molar-refractivity contribution is -0.129. The fourth-order valence-electron chi connectivity index (χ4n) is 2.51. The average Bonchev–Trinajstić information content (AvgIpc) is 2.46. The smallest absolute Gasteiger partial charge is 0.341 e. The van der Waals surface area contributed by atoms with Crippen molar-refractivity contribution in [2.24, 2.45) is 0 Å². The Bertz CT molecular complexity index is 753. The van der Waals surface area contributed by atoms with Crippen molar-refractivity contribution >= 4 is 22.8 Å². The van der Waals surface area contributed by atoms with Gasteiger partial charge in [-0.05, 0) is 46.2 Å². The zero-order valence-corrected chi connectivity index (χ0v) is 14.1. The second-order valence-corrected chi connectivity index (χ2v) is 5.93. The van der Waals surface area contributed by atoms with E-state index in [1.807, 2.05) is 45.0 Å². The fraction of sp³-hybridized carbons (Fsp3) is 0.389. The van der Waals surface area contributed by atoms with Gasteiger partial charge in [-0.3, -0.25) is 9.78 Å². The van der Waals surface area contributed by atoms with Crippen molar-refractivity contribution in [1.82, 2.24) is 10.3 Å². The highest BCUT2D eigenvalue weighted by atomic mass is 16.5. The molecule has 1 aromatic carbocycles. The molecule has 122 valence electrons. The molecular formula is C18H22N2O3. The largest absolute Gasteiger partial charge is 0.449 e. The summed E-state index contributed by atoms with van der Waals surface area (Å²) >= 11 is 0. The van der Waals surface area contributed by atoms with Gasteiger partial charge in [-0.1, -0.05) is 18.2 Å². The number of esters is 1. The molecule has 0 spiro atoms. The minimum atomic E-state index is -0.852. The Balaban J connectivity index is 2.29. The topological polar surface area (TPSA) is 68.3 Å². The molecule has 1 heterocycles. The molecular weight excluding hydrogens is 292 g/mol. The van der Waals surface area contributed by atoms with Crippen molar-refractivity contribution < 1.29 is 14.3 Å². The van der Waals surface area contributed by atoms with Gasteiger partial charge in [0.15, 0.2) is 6.10 Å². The molecule has 23 heavy (non-hydrogen) atoms. The maximum Gasteiger partial charge on any atom is 0.341 e. The minimum absolute atomic E-state index is 0.00513. The van der Waals surface area contributed by atoms with Crippen LogP contribution in [0.4, 0.5) is 0 Å². The maximum absolute atomic E-state index is 12.5. The summed E-state index contributed by atoms with van der Waals surface area (Å²) in [5.41, 5.74) is 2.68. The number of aryl methyl sites for hydroxylation is 2. The van der Waals surface area contributed by atoms with Crippen molar-refractivity contribution in [3.63, 3.8) is 0 Å². The number of rotatable bonds is 4. The van der Waals surface area contributed by atoms with Crippen LogP contribution in [0.25, 0.3) is 10.9 Å². The van der Waals surface area contributed by atoms with Crippen LogP contribution in [-0.2, 0) is 9.53 Å². The van der Waals surface area contributed by atoms with Crippen molar-refractivity contribution in [2.45, 2.75) is 46.8 Å². The summed E-state index contributed by atoms with van der Waals surface area (Å²) in [7, 11) is 0. The van der Waals surface area contributed by atoms with E-state index in [4.69, 9.17) is 4.74 Å². The quantitative estimate of drug-likeness (QED) is 0.881. The number of carbonyl (C=O) groups excluding carboxylic acids is 2. The van der Waals surface area contributed by atoms with E-state index in [0.717, 1.165) is 16.5 Å². The van der Waals surface area contributed by atoms with Crippen LogP contribution in [0.5, 0.6) is 0 Å². The van der Waals surface area contributed by atoms with Gasteiger partial charge in [0, 0.05) is 11.4 Å². The number of ether oxygens (including phenoxy) is 1. The van der Waals surface area contributed by atoms with E-state index >= 15 is 0 Å². The summed E-state index contributed by atoms with van der Waals surface area (Å²) in [6.45, 7) is 8.91. The van der Waals surface area contributed by atoms with Crippen LogP contribution in [0.15, 0.2) is 24.3 Å². The first-order valence-electron chi connectivity index (χ1n) is 7.68. The summed E-state index contributed by atoms with van der Waals surface area (Å²) in [5.74, 6) is -0.831. The van der Waals surface area contributed by atoms with E-state index in [9.17, 15) is 9.59 Å². The second kappa shape index (κ2) is 6.77. The van der Waals surface area contributed by atoms with Crippen LogP contribution in [0.2, 0.25) is 0 Å². The second-order valence-electron chi connectivity index (χ2n) is 5.93. The molecule has 2 aromatic rings. The Morgan fingerprint density at radius 2 is 1.78 bits per heavy atom. The molecule has 5 nitrogen and oxygen atoms in total. The third-order valence-corrected chi connectivity index (χ3v) is 3.62. The first-order chi connectivity index (χ1) is 10.8. The Morgan fingerprint density at radius 1 is 1.13 bits per heavy atom. The van der Waals surface area contributed by atoms with Crippen LogP contribution in [0.3, 0.4) is 0 Å². The van der Waals surface area contributed by atoms with Crippen molar-refractivity contribution in [1.29, 1.82) is 0 Å². The zero-order valence-electron chi connectivity index (χ0n) is 14.1. The van der Waals surface area contributed by atoms with Crippen molar-refractivity contribution in [3.05, 3.63) is 41.1 Å². The van der Waals surface area contributed by atoms with E-state index in [1.54, 1.807) is 13.8 Å². The molecule has 0 radical (unpaired) electrons. The van der Waals surface area contributed by atoms with Gasteiger partial charge in [0.05, 0.1) is 16.8 Å². The van der Waals surface area contributed by atoms with Gasteiger partial charge in [-0.25, -0.2) is 4.79 Å². The molecule has 0 saturated carbocycles. The normalized spacial score (nSPS) is 12.3. The molecule has 1 atom stereocenters. The first-order valence-corrected chi connectivity index (χ1v) is 7.68. The monoisotopic (exact) mass is 314 g/mol. The first kappa shape index (κ1) is 16.9. The molecule has 2 rings (SSSR count). The number of amides is 1. The number of fused-ring (bicyclic) bond motifs is 1. The van der Waals surface area contributed by atoms with Crippen LogP contribution >= 0.6 is 0 Å². The molecule has 1 N–H and O–H groups in total. The summed E-state index contributed by atoms with van der Waals surface area (Å²) in [6, 6.07) is 7.63. The number of para-hydroxylation sites is 1. The predicted octanol–water partition coefficient (Wildman–Crippen LogP) is 2.92. The summed E-state index contributed by atoms with van der Waals surface area (Å²) < 4.78 is 5.32. The van der Waals surface area contributed by atoms with Gasteiger partial charge in [-0.15, -0.1) is 0 Å². The van der Waals surface area contributed by atoms with E-state index in [1.165, 1.54) is 0 Å². The van der Waals surface area contributed by atoms with E-state index in [2.05, 4.69) is 10.3 Å². The Labute approximate surface area is 136 Å². The average molecular weight is 314 g/mol. The lowest BCUT2D eigenvalue weighted by Crippen LogP contribution is -2.39. The van der Waals surface area contributed by atoms with E-state index < -0.39 is 12.1 Å². The summed E-state index contributed by atoms with van der Waals surface area (Å²) in [4.78, 5) is 28.8. The molecule has 0 aliphatic carbocycles. The predicted molar refractivity (Wildman–Crippen MR) is 89.4 cm³/mol. The Morgan fingerprint density at radius 3 is 2.43 bits per heavy atom.